The minimum absolute atomic E-state index is 0.166. The molecule has 3 aromatic carbocycles. The van der Waals surface area contributed by atoms with E-state index in [-0.39, 0.29) is 23.8 Å². The molecule has 12 heteroatoms. The number of nitrogens with one attached hydrogen (secondary N) is 2. The Kier molecular flexibility index (Phi) is 11.5. The van der Waals surface area contributed by atoms with Crippen LogP contribution in [0, 0.1) is 0 Å². The van der Waals surface area contributed by atoms with Gasteiger partial charge in [-0.1, -0.05) is 0 Å². The number of hydrogen-bond acceptors (Lipinski definition) is 10. The third-order valence-electron chi connectivity index (χ3n) is 5.91. The van der Waals surface area contributed by atoms with Gasteiger partial charge < -0.3 is 33.7 Å². The molecule has 3 rings (SSSR count). The number of nitrogens with zero attached hydrogens (tertiary/aromatic N) is 1. The fraction of sp³-hybridized carbons (Fsp3) is 0.267. The number of carbonyl (C=O) groups excluding carboxylic acids is 3. The summed E-state index contributed by atoms with van der Waals surface area (Å²) in [7, 11) is 7.40. The molecule has 0 aliphatic carbocycles. The van der Waals surface area contributed by atoms with Crippen LogP contribution in [0.3, 0.4) is 0 Å². The third-order valence-corrected chi connectivity index (χ3v) is 5.91. The van der Waals surface area contributed by atoms with Gasteiger partial charge >= 0.3 is 5.97 Å². The molecule has 42 heavy (non-hydrogen) atoms. The molecular weight excluding hydrogens is 546 g/mol. The summed E-state index contributed by atoms with van der Waals surface area (Å²) in [6.07, 6.45) is 2.05. The lowest BCUT2D eigenvalue weighted by Crippen LogP contribution is -2.26. The fourth-order valence-electron chi connectivity index (χ4n) is 3.75. The van der Waals surface area contributed by atoms with Crippen molar-refractivity contribution in [3.63, 3.8) is 0 Å². The smallest absolute Gasteiger partial charge is 0.343 e. The molecule has 0 heterocycles. The lowest BCUT2D eigenvalue weighted by atomic mass is 10.2. The number of esters is 1. The van der Waals surface area contributed by atoms with Crippen LogP contribution in [0.2, 0.25) is 0 Å². The highest BCUT2D eigenvalue weighted by atomic mass is 16.5. The lowest BCUT2D eigenvalue weighted by molar-refractivity contribution is -0.121. The molecule has 222 valence electrons. The van der Waals surface area contributed by atoms with E-state index < -0.39 is 5.97 Å². The second kappa shape index (κ2) is 15.5. The topological polar surface area (TPSA) is 143 Å². The van der Waals surface area contributed by atoms with E-state index in [1.54, 1.807) is 42.5 Å². The molecule has 0 atom stereocenters. The first-order valence-electron chi connectivity index (χ1n) is 12.8. The molecule has 0 radical (unpaired) electrons. The molecule has 0 fully saturated rings. The molecule has 0 spiro atoms. The van der Waals surface area contributed by atoms with Gasteiger partial charge in [0.25, 0.3) is 5.91 Å². The number of ether oxygens (including phenoxy) is 6. The Morgan fingerprint density at radius 2 is 1.36 bits per heavy atom. The van der Waals surface area contributed by atoms with Crippen LogP contribution in [-0.4, -0.2) is 66.1 Å². The highest BCUT2D eigenvalue weighted by Gasteiger charge is 2.18. The maximum Gasteiger partial charge on any atom is 0.343 e. The summed E-state index contributed by atoms with van der Waals surface area (Å²) in [5.41, 5.74) is 3.76. The summed E-state index contributed by atoms with van der Waals surface area (Å²) in [6, 6.07) is 14.4. The highest BCUT2D eigenvalue weighted by Crippen LogP contribution is 2.38. The van der Waals surface area contributed by atoms with E-state index in [0.717, 1.165) is 0 Å². The van der Waals surface area contributed by atoms with E-state index in [0.29, 0.717) is 58.6 Å². The Morgan fingerprint density at radius 3 is 1.95 bits per heavy atom. The van der Waals surface area contributed by atoms with Gasteiger partial charge in [-0.3, -0.25) is 9.59 Å². The van der Waals surface area contributed by atoms with Crippen LogP contribution >= 0.6 is 0 Å². The molecular formula is C30H33N3O9. The van der Waals surface area contributed by atoms with Crippen molar-refractivity contribution in [1.82, 2.24) is 10.7 Å². The van der Waals surface area contributed by atoms with E-state index >= 15 is 0 Å². The van der Waals surface area contributed by atoms with E-state index in [1.807, 2.05) is 0 Å². The molecule has 3 aromatic rings. The summed E-state index contributed by atoms with van der Waals surface area (Å²) < 4.78 is 31.6. The van der Waals surface area contributed by atoms with Crippen molar-refractivity contribution in [2.75, 3.05) is 42.1 Å². The van der Waals surface area contributed by atoms with Crippen molar-refractivity contribution in [1.29, 1.82) is 0 Å². The van der Waals surface area contributed by atoms with E-state index in [2.05, 4.69) is 15.8 Å². The van der Waals surface area contributed by atoms with Crippen LogP contribution < -0.4 is 39.2 Å². The number of carbonyl (C=O) groups is 3. The Morgan fingerprint density at radius 1 is 0.738 bits per heavy atom. The Labute approximate surface area is 243 Å². The van der Waals surface area contributed by atoms with Crippen LogP contribution in [0.4, 0.5) is 0 Å². The average molecular weight is 580 g/mol. The molecule has 0 bridgehead atoms. The summed E-state index contributed by atoms with van der Waals surface area (Å²) >= 11 is 0. The number of benzene rings is 3. The van der Waals surface area contributed by atoms with E-state index in [1.165, 1.54) is 53.9 Å². The zero-order valence-corrected chi connectivity index (χ0v) is 24.0. The zero-order chi connectivity index (χ0) is 30.5. The minimum atomic E-state index is -0.608. The minimum Gasteiger partial charge on any atom is -0.493 e. The second-order valence-corrected chi connectivity index (χ2v) is 8.59. The van der Waals surface area contributed by atoms with Gasteiger partial charge in [0, 0.05) is 18.5 Å². The normalized spacial score (nSPS) is 10.5. The van der Waals surface area contributed by atoms with Gasteiger partial charge in [0.1, 0.15) is 5.75 Å². The maximum absolute atomic E-state index is 12.7. The van der Waals surface area contributed by atoms with Crippen molar-refractivity contribution < 1.29 is 42.8 Å². The van der Waals surface area contributed by atoms with Crippen molar-refractivity contribution in [2.24, 2.45) is 5.10 Å². The summed E-state index contributed by atoms with van der Waals surface area (Å²) in [5, 5.41) is 6.71. The number of hydrogen-bond donors (Lipinski definition) is 2. The van der Waals surface area contributed by atoms with Crippen LogP contribution in [0.15, 0.2) is 59.7 Å². The van der Waals surface area contributed by atoms with Gasteiger partial charge in [0.15, 0.2) is 23.0 Å². The first-order valence-corrected chi connectivity index (χ1v) is 12.8. The van der Waals surface area contributed by atoms with Crippen molar-refractivity contribution in [3.8, 4) is 34.5 Å². The summed E-state index contributed by atoms with van der Waals surface area (Å²) in [6.45, 7) is 0.306. The van der Waals surface area contributed by atoms with Gasteiger partial charge in [0.2, 0.25) is 11.7 Å². The van der Waals surface area contributed by atoms with Gasteiger partial charge in [-0.05, 0) is 66.6 Å². The maximum atomic E-state index is 12.7. The monoisotopic (exact) mass is 579 g/mol. The number of methoxy groups -OCH3 is 5. The van der Waals surface area contributed by atoms with E-state index in [9.17, 15) is 14.4 Å². The van der Waals surface area contributed by atoms with Gasteiger partial charge in [-0.25, -0.2) is 10.2 Å². The SMILES string of the molecule is COc1ccc(C(=O)NCCCC(=O)NN=Cc2ccc(OC(=O)c3cc(OC)c(OC)c(OC)c3)cc2)cc1OC. The molecule has 2 amide bonds. The quantitative estimate of drug-likeness (QED) is 0.0963. The Balaban J connectivity index is 1.43. The summed E-state index contributed by atoms with van der Waals surface area (Å²) in [5.74, 6) is 1.12. The second-order valence-electron chi connectivity index (χ2n) is 8.59. The fourth-order valence-corrected chi connectivity index (χ4v) is 3.75. The van der Waals surface area contributed by atoms with Crippen molar-refractivity contribution in [2.45, 2.75) is 12.8 Å². The number of rotatable bonds is 14. The molecule has 2 N–H and O–H groups in total. The van der Waals surface area contributed by atoms with E-state index in [4.69, 9.17) is 28.4 Å². The molecule has 0 unspecified atom stereocenters. The van der Waals surface area contributed by atoms with Crippen LogP contribution in [-0.2, 0) is 4.79 Å². The molecule has 0 saturated heterocycles. The molecule has 12 nitrogen and oxygen atoms in total. The highest BCUT2D eigenvalue weighted by molar-refractivity contribution is 5.95. The van der Waals surface area contributed by atoms with Gasteiger partial charge in [0.05, 0.1) is 47.3 Å². The van der Waals surface area contributed by atoms with Crippen molar-refractivity contribution >= 4 is 24.0 Å². The predicted molar refractivity (Wildman–Crippen MR) is 154 cm³/mol. The van der Waals surface area contributed by atoms with Gasteiger partial charge in [-0.2, -0.15) is 5.10 Å². The third kappa shape index (κ3) is 8.37. The predicted octanol–water partition coefficient (Wildman–Crippen LogP) is 3.61. The first kappa shape index (κ1) is 31.3. The van der Waals surface area contributed by atoms with Crippen molar-refractivity contribution in [3.05, 3.63) is 71.3 Å². The Bertz CT molecular complexity index is 1400. The number of amides is 2. The lowest BCUT2D eigenvalue weighted by Gasteiger charge is -2.13. The standard InChI is InChI=1S/C30H33N3O9/c1-37-23-13-10-20(15-24(23)38-2)29(35)31-14-6-7-27(34)33-32-18-19-8-11-22(12-9-19)42-30(36)21-16-25(39-3)28(41-5)26(17-21)40-4/h8-13,15-18H,6-7,14H2,1-5H3,(H,31,35)(H,33,34). The first-order chi connectivity index (χ1) is 20.3. The van der Waals surface area contributed by atoms with Crippen LogP contribution in [0.5, 0.6) is 34.5 Å². The largest absolute Gasteiger partial charge is 0.493 e. The molecule has 0 aliphatic rings. The molecule has 0 aliphatic heterocycles. The van der Waals surface area contributed by atoms with Gasteiger partial charge in [-0.15, -0.1) is 0 Å². The zero-order valence-electron chi connectivity index (χ0n) is 24.0. The average Bonchev–Trinajstić information content (AvgIpc) is 3.02. The van der Waals surface area contributed by atoms with Crippen LogP contribution in [0.25, 0.3) is 0 Å². The molecule has 0 aromatic heterocycles. The Hall–Kier alpha value is -5.26. The molecule has 0 saturated carbocycles. The summed E-state index contributed by atoms with van der Waals surface area (Å²) in [4.78, 5) is 37.1. The van der Waals surface area contributed by atoms with Crippen LogP contribution in [0.1, 0.15) is 39.1 Å². The number of hydrazone groups is 1.